The van der Waals surface area contributed by atoms with Gasteiger partial charge in [0.15, 0.2) is 0 Å². The predicted molar refractivity (Wildman–Crippen MR) is 102 cm³/mol. The van der Waals surface area contributed by atoms with E-state index < -0.39 is 0 Å². The molecule has 136 valence electrons. The molecule has 1 fully saturated rings. The third-order valence-electron chi connectivity index (χ3n) is 4.51. The van der Waals surface area contributed by atoms with Crippen LogP contribution in [0, 0.1) is 5.92 Å². The summed E-state index contributed by atoms with van der Waals surface area (Å²) in [6.07, 6.45) is 1.54. The largest absolute Gasteiger partial charge is 0.496 e. The molecule has 1 unspecified atom stereocenters. The molecule has 1 atom stereocenters. The van der Waals surface area contributed by atoms with Crippen molar-refractivity contribution in [3.05, 3.63) is 59.1 Å². The Hall–Kier alpha value is -2.53. The minimum absolute atomic E-state index is 0.0632. The zero-order valence-corrected chi connectivity index (χ0v) is 15.3. The Bertz CT molecular complexity index is 795. The number of halogens is 1. The molecule has 6 heteroatoms. The lowest BCUT2D eigenvalue weighted by molar-refractivity contribution is -0.121. The number of nitrogens with one attached hydrogen (secondary N) is 1. The van der Waals surface area contributed by atoms with Crippen molar-refractivity contribution in [2.24, 2.45) is 5.92 Å². The molecule has 5 nitrogen and oxygen atoms in total. The molecule has 26 heavy (non-hydrogen) atoms. The van der Waals surface area contributed by atoms with Crippen molar-refractivity contribution < 1.29 is 14.3 Å². The molecule has 1 heterocycles. The zero-order chi connectivity index (χ0) is 18.5. The van der Waals surface area contributed by atoms with Gasteiger partial charge < -0.3 is 15.0 Å². The number of nitrogens with zero attached hydrogens (tertiary/aromatic N) is 1. The fourth-order valence-electron chi connectivity index (χ4n) is 3.16. The smallest absolute Gasteiger partial charge is 0.257 e. The fraction of sp³-hybridized carbons (Fsp3) is 0.300. The minimum atomic E-state index is -0.238. The van der Waals surface area contributed by atoms with Gasteiger partial charge in [0.25, 0.3) is 5.91 Å². The molecule has 1 N–H and O–H groups in total. The molecule has 1 aliphatic rings. The average Bonchev–Trinajstić information content (AvgIpc) is 2.68. The number of hydrogen-bond donors (Lipinski definition) is 1. The van der Waals surface area contributed by atoms with Crippen molar-refractivity contribution in [1.82, 2.24) is 4.90 Å². The van der Waals surface area contributed by atoms with Gasteiger partial charge >= 0.3 is 0 Å². The van der Waals surface area contributed by atoms with E-state index in [9.17, 15) is 9.59 Å². The SMILES string of the molecule is COc1ccc(Cl)cc1C(=O)N1CCCC(C(=O)Nc2ccccc2)C1. The summed E-state index contributed by atoms with van der Waals surface area (Å²) < 4.78 is 5.28. The highest BCUT2D eigenvalue weighted by molar-refractivity contribution is 6.31. The number of benzene rings is 2. The monoisotopic (exact) mass is 372 g/mol. The first-order valence-corrected chi connectivity index (χ1v) is 8.95. The number of amides is 2. The van der Waals surface area contributed by atoms with Gasteiger partial charge in [-0.2, -0.15) is 0 Å². The van der Waals surface area contributed by atoms with Crippen molar-refractivity contribution in [3.8, 4) is 5.75 Å². The van der Waals surface area contributed by atoms with Crippen LogP contribution in [0.2, 0.25) is 5.02 Å². The van der Waals surface area contributed by atoms with Gasteiger partial charge in [0.2, 0.25) is 5.91 Å². The van der Waals surface area contributed by atoms with Gasteiger partial charge in [-0.15, -0.1) is 0 Å². The molecule has 1 aliphatic heterocycles. The summed E-state index contributed by atoms with van der Waals surface area (Å²) in [4.78, 5) is 27.2. The van der Waals surface area contributed by atoms with Crippen molar-refractivity contribution in [2.45, 2.75) is 12.8 Å². The number of ether oxygens (including phenoxy) is 1. The summed E-state index contributed by atoms with van der Waals surface area (Å²) in [5.41, 5.74) is 1.18. The first-order valence-electron chi connectivity index (χ1n) is 8.57. The van der Waals surface area contributed by atoms with E-state index in [1.807, 2.05) is 30.3 Å². The van der Waals surface area contributed by atoms with Crippen molar-refractivity contribution in [1.29, 1.82) is 0 Å². The van der Waals surface area contributed by atoms with Crippen LogP contribution < -0.4 is 10.1 Å². The van der Waals surface area contributed by atoms with E-state index in [1.54, 1.807) is 23.1 Å². The van der Waals surface area contributed by atoms with Crippen LogP contribution in [0.1, 0.15) is 23.2 Å². The Kier molecular flexibility index (Phi) is 5.78. The maximum Gasteiger partial charge on any atom is 0.257 e. The quantitative estimate of drug-likeness (QED) is 0.887. The Morgan fingerprint density at radius 1 is 1.19 bits per heavy atom. The number of likely N-dealkylation sites (tertiary alicyclic amines) is 1. The highest BCUT2D eigenvalue weighted by atomic mass is 35.5. The summed E-state index contributed by atoms with van der Waals surface area (Å²) in [6.45, 7) is 0.997. The molecular formula is C20H21ClN2O3. The van der Waals surface area contributed by atoms with Crippen LogP contribution >= 0.6 is 11.6 Å². The van der Waals surface area contributed by atoms with E-state index >= 15 is 0 Å². The molecule has 0 aliphatic carbocycles. The van der Waals surface area contributed by atoms with Gasteiger partial charge in [0, 0.05) is 23.8 Å². The van der Waals surface area contributed by atoms with Crippen LogP contribution in [0.5, 0.6) is 5.75 Å². The minimum Gasteiger partial charge on any atom is -0.496 e. The molecule has 0 spiro atoms. The van der Waals surface area contributed by atoms with Crippen LogP contribution in [0.4, 0.5) is 5.69 Å². The number of carbonyl (C=O) groups excluding carboxylic acids is 2. The predicted octanol–water partition coefficient (Wildman–Crippen LogP) is 3.84. The number of carbonyl (C=O) groups is 2. The standard InChI is InChI=1S/C20H21ClN2O3/c1-26-18-10-9-15(21)12-17(18)20(25)23-11-5-6-14(13-23)19(24)22-16-7-3-2-4-8-16/h2-4,7-10,12,14H,5-6,11,13H2,1H3,(H,22,24). The lowest BCUT2D eigenvalue weighted by atomic mass is 9.96. The van der Waals surface area contributed by atoms with E-state index in [0.29, 0.717) is 29.4 Å². The number of anilines is 1. The zero-order valence-electron chi connectivity index (χ0n) is 14.6. The van der Waals surface area contributed by atoms with E-state index in [-0.39, 0.29) is 17.7 Å². The van der Waals surface area contributed by atoms with Crippen LogP contribution in [0.25, 0.3) is 0 Å². The Morgan fingerprint density at radius 3 is 2.69 bits per heavy atom. The number of methoxy groups -OCH3 is 1. The molecule has 2 aromatic rings. The number of piperidine rings is 1. The van der Waals surface area contributed by atoms with Crippen LogP contribution in [-0.2, 0) is 4.79 Å². The van der Waals surface area contributed by atoms with Crippen molar-refractivity contribution in [3.63, 3.8) is 0 Å². The van der Waals surface area contributed by atoms with Gasteiger partial charge in [0.1, 0.15) is 5.75 Å². The molecule has 0 aromatic heterocycles. The number of para-hydroxylation sites is 1. The average molecular weight is 373 g/mol. The van der Waals surface area contributed by atoms with Crippen LogP contribution in [0.15, 0.2) is 48.5 Å². The molecule has 0 saturated carbocycles. The van der Waals surface area contributed by atoms with Gasteiger partial charge in [-0.05, 0) is 43.2 Å². The van der Waals surface area contributed by atoms with E-state index in [1.165, 1.54) is 7.11 Å². The topological polar surface area (TPSA) is 58.6 Å². The van der Waals surface area contributed by atoms with Gasteiger partial charge in [-0.3, -0.25) is 9.59 Å². The Labute approximate surface area is 157 Å². The third-order valence-corrected chi connectivity index (χ3v) is 4.75. The molecule has 0 bridgehead atoms. The number of hydrogen-bond acceptors (Lipinski definition) is 3. The van der Waals surface area contributed by atoms with Crippen molar-refractivity contribution in [2.75, 3.05) is 25.5 Å². The fourth-order valence-corrected chi connectivity index (χ4v) is 3.33. The molecule has 0 radical (unpaired) electrons. The van der Waals surface area contributed by atoms with Gasteiger partial charge in [-0.1, -0.05) is 29.8 Å². The van der Waals surface area contributed by atoms with Crippen LogP contribution in [0.3, 0.4) is 0 Å². The third kappa shape index (κ3) is 4.17. The summed E-state index contributed by atoms with van der Waals surface area (Å²) in [6, 6.07) is 14.3. The maximum absolute atomic E-state index is 12.9. The number of rotatable bonds is 4. The normalized spacial score (nSPS) is 16.8. The maximum atomic E-state index is 12.9. The second-order valence-corrected chi connectivity index (χ2v) is 6.73. The van der Waals surface area contributed by atoms with E-state index in [4.69, 9.17) is 16.3 Å². The lowest BCUT2D eigenvalue weighted by Gasteiger charge is -2.32. The van der Waals surface area contributed by atoms with E-state index in [2.05, 4.69) is 5.32 Å². The Morgan fingerprint density at radius 2 is 1.96 bits per heavy atom. The second-order valence-electron chi connectivity index (χ2n) is 6.29. The summed E-state index contributed by atoms with van der Waals surface area (Å²) in [5.74, 6) is 0.0154. The molecule has 2 aromatic carbocycles. The first-order chi connectivity index (χ1) is 12.6. The molecule has 1 saturated heterocycles. The summed E-state index contributed by atoms with van der Waals surface area (Å²) in [5, 5.41) is 3.40. The Balaban J connectivity index is 1.71. The van der Waals surface area contributed by atoms with E-state index in [0.717, 1.165) is 18.5 Å². The highest BCUT2D eigenvalue weighted by Gasteiger charge is 2.30. The summed E-state index contributed by atoms with van der Waals surface area (Å²) in [7, 11) is 1.52. The summed E-state index contributed by atoms with van der Waals surface area (Å²) >= 11 is 6.04. The van der Waals surface area contributed by atoms with Crippen molar-refractivity contribution >= 4 is 29.1 Å². The molecule has 2 amide bonds. The first kappa shape index (κ1) is 18.3. The molecular weight excluding hydrogens is 352 g/mol. The van der Waals surface area contributed by atoms with Gasteiger partial charge in [0.05, 0.1) is 18.6 Å². The molecule has 3 rings (SSSR count). The highest BCUT2D eigenvalue weighted by Crippen LogP contribution is 2.27. The second kappa shape index (κ2) is 8.23. The van der Waals surface area contributed by atoms with Gasteiger partial charge in [-0.25, -0.2) is 0 Å². The lowest BCUT2D eigenvalue weighted by Crippen LogP contribution is -2.43. The van der Waals surface area contributed by atoms with Crippen LogP contribution in [-0.4, -0.2) is 36.9 Å².